The summed E-state index contributed by atoms with van der Waals surface area (Å²) in [5.74, 6) is 0.958. The molecule has 1 saturated heterocycles. The zero-order chi connectivity index (χ0) is 12.3. The van der Waals surface area contributed by atoms with Gasteiger partial charge < -0.3 is 10.6 Å². The molecule has 2 N–H and O–H groups in total. The molecule has 1 aromatic heterocycles. The molecule has 0 saturated carbocycles. The molecular formula is C12H16BrN3O. The smallest absolute Gasteiger partial charge is 0.222 e. The van der Waals surface area contributed by atoms with Crippen LogP contribution in [0.3, 0.4) is 0 Å². The predicted octanol–water partition coefficient (Wildman–Crippen LogP) is 2.23. The number of hydrogen-bond acceptors (Lipinski definition) is 3. The van der Waals surface area contributed by atoms with E-state index in [1.54, 1.807) is 6.20 Å². The van der Waals surface area contributed by atoms with E-state index in [2.05, 4.69) is 31.5 Å². The van der Waals surface area contributed by atoms with E-state index < -0.39 is 0 Å². The number of nitrogens with zero attached hydrogens (tertiary/aromatic N) is 1. The van der Waals surface area contributed by atoms with Crippen molar-refractivity contribution in [1.82, 2.24) is 10.3 Å². The van der Waals surface area contributed by atoms with E-state index >= 15 is 0 Å². The summed E-state index contributed by atoms with van der Waals surface area (Å²) in [4.78, 5) is 15.7. The Morgan fingerprint density at radius 2 is 2.41 bits per heavy atom. The van der Waals surface area contributed by atoms with Crippen LogP contribution in [-0.4, -0.2) is 23.5 Å². The lowest BCUT2D eigenvalue weighted by Crippen LogP contribution is -2.27. The molecular weight excluding hydrogens is 282 g/mol. The van der Waals surface area contributed by atoms with Crippen LogP contribution in [0.5, 0.6) is 0 Å². The molecule has 5 heteroatoms. The van der Waals surface area contributed by atoms with Crippen LogP contribution in [0.1, 0.15) is 24.8 Å². The minimum Gasteiger partial charge on any atom is -0.367 e. The van der Waals surface area contributed by atoms with Crippen LogP contribution in [0.4, 0.5) is 5.82 Å². The standard InChI is InChI=1S/C12H16BrN3O/c1-8-5-11(15-7-10(8)13)16-9-3-2-4-14-12(17)6-9/h5,7,9H,2-4,6H2,1H3,(H,14,17)(H,15,16). The van der Waals surface area contributed by atoms with E-state index in [1.165, 1.54) is 0 Å². The van der Waals surface area contributed by atoms with Crippen LogP contribution in [0.2, 0.25) is 0 Å². The number of amides is 1. The van der Waals surface area contributed by atoms with Crippen molar-refractivity contribution in [3.63, 3.8) is 0 Å². The Hall–Kier alpha value is -1.10. The van der Waals surface area contributed by atoms with Gasteiger partial charge in [0.05, 0.1) is 0 Å². The summed E-state index contributed by atoms with van der Waals surface area (Å²) in [7, 11) is 0. The van der Waals surface area contributed by atoms with Crippen LogP contribution in [0.25, 0.3) is 0 Å². The molecule has 4 nitrogen and oxygen atoms in total. The summed E-state index contributed by atoms with van der Waals surface area (Å²) in [5, 5.41) is 6.20. The normalized spacial score (nSPS) is 20.6. The highest BCUT2D eigenvalue weighted by Gasteiger charge is 2.17. The van der Waals surface area contributed by atoms with Crippen molar-refractivity contribution in [2.45, 2.75) is 32.2 Å². The molecule has 1 atom stereocenters. The van der Waals surface area contributed by atoms with Crippen molar-refractivity contribution in [3.05, 3.63) is 22.3 Å². The first-order chi connectivity index (χ1) is 8.15. The van der Waals surface area contributed by atoms with Crippen LogP contribution in [-0.2, 0) is 4.79 Å². The minimum atomic E-state index is 0.119. The highest BCUT2D eigenvalue weighted by atomic mass is 79.9. The van der Waals surface area contributed by atoms with Crippen molar-refractivity contribution in [2.75, 3.05) is 11.9 Å². The van der Waals surface area contributed by atoms with Crippen LogP contribution >= 0.6 is 15.9 Å². The van der Waals surface area contributed by atoms with E-state index in [0.29, 0.717) is 6.42 Å². The maximum atomic E-state index is 11.4. The molecule has 0 radical (unpaired) electrons. The van der Waals surface area contributed by atoms with Crippen molar-refractivity contribution in [3.8, 4) is 0 Å². The Bertz CT molecular complexity index is 422. The summed E-state index contributed by atoms with van der Waals surface area (Å²) in [6.45, 7) is 2.81. The van der Waals surface area contributed by atoms with Gasteiger partial charge in [-0.2, -0.15) is 0 Å². The van der Waals surface area contributed by atoms with E-state index in [4.69, 9.17) is 0 Å². The molecule has 17 heavy (non-hydrogen) atoms. The third-order valence-electron chi connectivity index (χ3n) is 2.88. The summed E-state index contributed by atoms with van der Waals surface area (Å²) in [6.07, 6.45) is 4.32. The van der Waals surface area contributed by atoms with Gasteiger partial charge in [0.1, 0.15) is 5.82 Å². The monoisotopic (exact) mass is 297 g/mol. The molecule has 0 bridgehead atoms. The van der Waals surface area contributed by atoms with Gasteiger partial charge in [0, 0.05) is 29.7 Å². The summed E-state index contributed by atoms with van der Waals surface area (Å²) in [6, 6.07) is 2.18. The van der Waals surface area contributed by atoms with Crippen LogP contribution in [0.15, 0.2) is 16.7 Å². The zero-order valence-electron chi connectivity index (χ0n) is 9.79. The van der Waals surface area contributed by atoms with Gasteiger partial charge in [-0.1, -0.05) is 0 Å². The van der Waals surface area contributed by atoms with Gasteiger partial charge in [0.2, 0.25) is 5.91 Å². The first-order valence-corrected chi connectivity index (χ1v) is 6.60. The second-order valence-electron chi connectivity index (χ2n) is 4.36. The molecule has 1 unspecified atom stereocenters. The largest absolute Gasteiger partial charge is 0.367 e. The molecule has 0 aromatic carbocycles. The fourth-order valence-electron chi connectivity index (χ4n) is 1.92. The molecule has 92 valence electrons. The Kier molecular flexibility index (Phi) is 3.99. The number of hydrogen-bond donors (Lipinski definition) is 2. The summed E-state index contributed by atoms with van der Waals surface area (Å²) in [5.41, 5.74) is 1.14. The lowest BCUT2D eigenvalue weighted by atomic mass is 10.1. The maximum absolute atomic E-state index is 11.4. The van der Waals surface area contributed by atoms with E-state index in [9.17, 15) is 4.79 Å². The molecule has 0 aliphatic carbocycles. The molecule has 1 aliphatic heterocycles. The number of aryl methyl sites for hydroxylation is 1. The number of carbonyl (C=O) groups is 1. The van der Waals surface area contributed by atoms with Gasteiger partial charge in [0.15, 0.2) is 0 Å². The summed E-state index contributed by atoms with van der Waals surface area (Å²) >= 11 is 3.42. The van der Waals surface area contributed by atoms with Gasteiger partial charge in [-0.3, -0.25) is 4.79 Å². The number of halogens is 1. The first kappa shape index (κ1) is 12.4. The number of nitrogens with one attached hydrogen (secondary N) is 2. The lowest BCUT2D eigenvalue weighted by molar-refractivity contribution is -0.120. The zero-order valence-corrected chi connectivity index (χ0v) is 11.4. The highest BCUT2D eigenvalue weighted by Crippen LogP contribution is 2.19. The van der Waals surface area contributed by atoms with Crippen molar-refractivity contribution < 1.29 is 4.79 Å². The van der Waals surface area contributed by atoms with Crippen molar-refractivity contribution >= 4 is 27.7 Å². The molecule has 1 aliphatic rings. The number of pyridine rings is 1. The molecule has 1 fully saturated rings. The molecule has 2 heterocycles. The van der Waals surface area contributed by atoms with Gasteiger partial charge in [-0.15, -0.1) is 0 Å². The Balaban J connectivity index is 2.03. The minimum absolute atomic E-state index is 0.119. The topological polar surface area (TPSA) is 54.0 Å². The van der Waals surface area contributed by atoms with E-state index in [-0.39, 0.29) is 11.9 Å². The van der Waals surface area contributed by atoms with E-state index in [0.717, 1.165) is 35.2 Å². The first-order valence-electron chi connectivity index (χ1n) is 5.80. The third kappa shape index (κ3) is 3.43. The van der Waals surface area contributed by atoms with Crippen LogP contribution < -0.4 is 10.6 Å². The highest BCUT2D eigenvalue weighted by molar-refractivity contribution is 9.10. The molecule has 1 aromatic rings. The number of rotatable bonds is 2. The number of carbonyl (C=O) groups excluding carboxylic acids is 1. The fourth-order valence-corrected chi connectivity index (χ4v) is 2.14. The average Bonchev–Trinajstić information content (AvgIpc) is 2.48. The SMILES string of the molecule is Cc1cc(NC2CCCNC(=O)C2)ncc1Br. The summed E-state index contributed by atoms with van der Waals surface area (Å²) < 4.78 is 1.00. The Morgan fingerprint density at radius 1 is 1.59 bits per heavy atom. The third-order valence-corrected chi connectivity index (χ3v) is 3.71. The number of aromatic nitrogens is 1. The van der Waals surface area contributed by atoms with E-state index in [1.807, 2.05) is 13.0 Å². The molecule has 0 spiro atoms. The fraction of sp³-hybridized carbons (Fsp3) is 0.500. The van der Waals surface area contributed by atoms with Crippen molar-refractivity contribution in [2.24, 2.45) is 0 Å². The molecule has 1 amide bonds. The van der Waals surface area contributed by atoms with Crippen molar-refractivity contribution in [1.29, 1.82) is 0 Å². The van der Waals surface area contributed by atoms with Gasteiger partial charge in [0.25, 0.3) is 0 Å². The quantitative estimate of drug-likeness (QED) is 0.880. The van der Waals surface area contributed by atoms with Gasteiger partial charge >= 0.3 is 0 Å². The lowest BCUT2D eigenvalue weighted by Gasteiger charge is -2.16. The van der Waals surface area contributed by atoms with Gasteiger partial charge in [-0.05, 0) is 47.3 Å². The second kappa shape index (κ2) is 5.49. The number of anilines is 1. The Morgan fingerprint density at radius 3 is 3.18 bits per heavy atom. The van der Waals surface area contributed by atoms with Gasteiger partial charge in [-0.25, -0.2) is 4.98 Å². The maximum Gasteiger partial charge on any atom is 0.222 e. The van der Waals surface area contributed by atoms with Crippen LogP contribution in [0, 0.1) is 6.92 Å². The average molecular weight is 298 g/mol. The molecule has 2 rings (SSSR count). The second-order valence-corrected chi connectivity index (χ2v) is 5.21. The predicted molar refractivity (Wildman–Crippen MR) is 70.9 cm³/mol. The Labute approximate surface area is 109 Å².